The maximum Gasteiger partial charge on any atom is 0.215 e. The predicted molar refractivity (Wildman–Crippen MR) is 51.0 cm³/mol. The van der Waals surface area contributed by atoms with E-state index >= 15 is 0 Å². The van der Waals surface area contributed by atoms with Crippen molar-refractivity contribution in [3.05, 3.63) is 18.0 Å². The summed E-state index contributed by atoms with van der Waals surface area (Å²) in [6.45, 7) is 2.37. The molecular formula is C9H11N3O2. The Balaban J connectivity index is 2.43. The summed E-state index contributed by atoms with van der Waals surface area (Å²) in [5, 5.41) is 8.86. The van der Waals surface area contributed by atoms with Crippen molar-refractivity contribution in [3.63, 3.8) is 0 Å². The van der Waals surface area contributed by atoms with Crippen LogP contribution in [0.3, 0.4) is 0 Å². The molecule has 0 unspecified atom stereocenters. The molecule has 74 valence electrons. The average Bonchev–Trinajstić information content (AvgIpc) is 2.60. The molecule has 0 fully saturated rings. The molecule has 0 saturated heterocycles. The van der Waals surface area contributed by atoms with Gasteiger partial charge in [-0.05, 0) is 13.0 Å². The quantitative estimate of drug-likeness (QED) is 0.758. The molecular weight excluding hydrogens is 182 g/mol. The van der Waals surface area contributed by atoms with E-state index in [0.717, 1.165) is 5.52 Å². The number of hydrogen-bond donors (Lipinski definition) is 2. The van der Waals surface area contributed by atoms with E-state index in [4.69, 9.17) is 9.84 Å². The zero-order chi connectivity index (χ0) is 9.97. The van der Waals surface area contributed by atoms with Crippen LogP contribution in [-0.4, -0.2) is 26.7 Å². The summed E-state index contributed by atoms with van der Waals surface area (Å²) in [6.07, 6.45) is 0. The van der Waals surface area contributed by atoms with Gasteiger partial charge in [0, 0.05) is 6.07 Å². The maximum absolute atomic E-state index is 8.86. The molecule has 5 heteroatoms. The van der Waals surface area contributed by atoms with Crippen LogP contribution in [0.25, 0.3) is 11.2 Å². The lowest BCUT2D eigenvalue weighted by Crippen LogP contribution is -1.93. The van der Waals surface area contributed by atoms with Gasteiger partial charge in [-0.25, -0.2) is 4.98 Å². The van der Waals surface area contributed by atoms with Crippen molar-refractivity contribution in [2.45, 2.75) is 13.5 Å². The maximum atomic E-state index is 8.86. The zero-order valence-electron chi connectivity index (χ0n) is 7.82. The minimum absolute atomic E-state index is 0.111. The molecule has 0 radical (unpaired) electrons. The van der Waals surface area contributed by atoms with E-state index in [1.165, 1.54) is 0 Å². The Morgan fingerprint density at radius 3 is 3.00 bits per heavy atom. The van der Waals surface area contributed by atoms with Crippen LogP contribution in [0, 0.1) is 0 Å². The Labute approximate surface area is 80.8 Å². The number of ether oxygens (including phenoxy) is 1. The van der Waals surface area contributed by atoms with Crippen LogP contribution < -0.4 is 4.74 Å². The zero-order valence-corrected chi connectivity index (χ0v) is 7.82. The van der Waals surface area contributed by atoms with Crippen LogP contribution in [0.4, 0.5) is 0 Å². The second-order valence-corrected chi connectivity index (χ2v) is 2.80. The second-order valence-electron chi connectivity index (χ2n) is 2.80. The summed E-state index contributed by atoms with van der Waals surface area (Å²) in [6, 6.07) is 3.60. The third-order valence-corrected chi connectivity index (χ3v) is 1.81. The number of aliphatic hydroxyl groups excluding tert-OH is 1. The van der Waals surface area contributed by atoms with Gasteiger partial charge < -0.3 is 14.8 Å². The number of fused-ring (bicyclic) bond motifs is 1. The minimum Gasteiger partial charge on any atom is -0.478 e. The third kappa shape index (κ3) is 1.54. The van der Waals surface area contributed by atoms with E-state index in [0.29, 0.717) is 24.0 Å². The second kappa shape index (κ2) is 3.63. The van der Waals surface area contributed by atoms with Gasteiger partial charge in [-0.2, -0.15) is 4.98 Å². The number of pyridine rings is 1. The number of aromatic amines is 1. The van der Waals surface area contributed by atoms with Crippen molar-refractivity contribution in [2.75, 3.05) is 6.61 Å². The molecule has 2 N–H and O–H groups in total. The lowest BCUT2D eigenvalue weighted by atomic mass is 10.4. The first-order chi connectivity index (χ1) is 6.83. The lowest BCUT2D eigenvalue weighted by molar-refractivity contribution is 0.273. The number of nitrogens with zero attached hydrogens (tertiary/aromatic N) is 2. The summed E-state index contributed by atoms with van der Waals surface area (Å²) in [7, 11) is 0. The number of rotatable bonds is 3. The highest BCUT2D eigenvalue weighted by Crippen LogP contribution is 2.14. The van der Waals surface area contributed by atoms with E-state index in [1.54, 1.807) is 6.07 Å². The van der Waals surface area contributed by atoms with Gasteiger partial charge in [-0.1, -0.05) is 0 Å². The molecule has 0 saturated carbocycles. The largest absolute Gasteiger partial charge is 0.478 e. The van der Waals surface area contributed by atoms with Crippen molar-refractivity contribution in [1.82, 2.24) is 15.0 Å². The van der Waals surface area contributed by atoms with Crippen molar-refractivity contribution in [1.29, 1.82) is 0 Å². The minimum atomic E-state index is -0.111. The van der Waals surface area contributed by atoms with Gasteiger partial charge in [-0.3, -0.25) is 0 Å². The molecule has 0 aliphatic carbocycles. The van der Waals surface area contributed by atoms with Crippen LogP contribution in [0.5, 0.6) is 5.88 Å². The molecule has 14 heavy (non-hydrogen) atoms. The molecule has 0 amide bonds. The molecule has 2 aromatic rings. The van der Waals surface area contributed by atoms with E-state index in [9.17, 15) is 0 Å². The Bertz CT molecular complexity index is 439. The average molecular weight is 193 g/mol. The highest BCUT2D eigenvalue weighted by Gasteiger charge is 2.04. The summed E-state index contributed by atoms with van der Waals surface area (Å²) in [5.41, 5.74) is 1.37. The first-order valence-corrected chi connectivity index (χ1v) is 4.42. The SMILES string of the molecule is CCOc1ccc2[nH]c(CO)nc2n1. The summed E-state index contributed by atoms with van der Waals surface area (Å²) < 4.78 is 5.23. The number of aromatic nitrogens is 3. The molecule has 0 aliphatic rings. The summed E-state index contributed by atoms with van der Waals surface area (Å²) in [5.74, 6) is 1.07. The highest BCUT2D eigenvalue weighted by atomic mass is 16.5. The van der Waals surface area contributed by atoms with Crippen molar-refractivity contribution in [2.24, 2.45) is 0 Å². The van der Waals surface area contributed by atoms with Crippen LogP contribution in [-0.2, 0) is 6.61 Å². The van der Waals surface area contributed by atoms with Crippen LogP contribution >= 0.6 is 0 Å². The smallest absolute Gasteiger partial charge is 0.215 e. The monoisotopic (exact) mass is 193 g/mol. The standard InChI is InChI=1S/C9H11N3O2/c1-2-14-8-4-3-6-9(12-8)11-7(5-13)10-6/h3-4,13H,2,5H2,1H3,(H,10,11,12). The molecule has 0 spiro atoms. The van der Waals surface area contributed by atoms with E-state index < -0.39 is 0 Å². The number of nitrogens with one attached hydrogen (secondary N) is 1. The molecule has 0 atom stereocenters. The van der Waals surface area contributed by atoms with E-state index in [-0.39, 0.29) is 6.61 Å². The van der Waals surface area contributed by atoms with Gasteiger partial charge in [0.2, 0.25) is 5.88 Å². The number of hydrogen-bond acceptors (Lipinski definition) is 4. The van der Waals surface area contributed by atoms with Crippen molar-refractivity contribution in [3.8, 4) is 5.88 Å². The number of H-pyrrole nitrogens is 1. The molecule has 2 heterocycles. The first-order valence-electron chi connectivity index (χ1n) is 4.42. The molecule has 2 rings (SSSR count). The Morgan fingerprint density at radius 1 is 1.43 bits per heavy atom. The van der Waals surface area contributed by atoms with Gasteiger partial charge in [0.05, 0.1) is 12.1 Å². The van der Waals surface area contributed by atoms with Gasteiger partial charge in [0.25, 0.3) is 0 Å². The van der Waals surface area contributed by atoms with Gasteiger partial charge >= 0.3 is 0 Å². The molecule has 2 aromatic heterocycles. The number of aliphatic hydroxyl groups is 1. The Kier molecular flexibility index (Phi) is 2.32. The third-order valence-electron chi connectivity index (χ3n) is 1.81. The van der Waals surface area contributed by atoms with Crippen molar-refractivity contribution < 1.29 is 9.84 Å². The Morgan fingerprint density at radius 2 is 2.29 bits per heavy atom. The molecule has 0 aromatic carbocycles. The summed E-state index contributed by atoms with van der Waals surface area (Å²) >= 11 is 0. The molecule has 0 bridgehead atoms. The van der Waals surface area contributed by atoms with Crippen LogP contribution in [0.2, 0.25) is 0 Å². The van der Waals surface area contributed by atoms with Gasteiger partial charge in [0.1, 0.15) is 12.4 Å². The fourth-order valence-corrected chi connectivity index (χ4v) is 1.23. The first kappa shape index (κ1) is 8.96. The molecule has 5 nitrogen and oxygen atoms in total. The lowest BCUT2D eigenvalue weighted by Gasteiger charge is -1.99. The van der Waals surface area contributed by atoms with Gasteiger partial charge in [0.15, 0.2) is 5.65 Å². The van der Waals surface area contributed by atoms with Crippen molar-refractivity contribution >= 4 is 11.2 Å². The van der Waals surface area contributed by atoms with Crippen LogP contribution in [0.15, 0.2) is 12.1 Å². The number of imidazole rings is 1. The van der Waals surface area contributed by atoms with E-state index in [2.05, 4.69) is 15.0 Å². The summed E-state index contributed by atoms with van der Waals surface area (Å²) in [4.78, 5) is 11.2. The highest BCUT2D eigenvalue weighted by molar-refractivity contribution is 5.71. The predicted octanol–water partition coefficient (Wildman–Crippen LogP) is 0.849. The van der Waals surface area contributed by atoms with E-state index in [1.807, 2.05) is 13.0 Å². The fourth-order valence-electron chi connectivity index (χ4n) is 1.23. The van der Waals surface area contributed by atoms with Gasteiger partial charge in [-0.15, -0.1) is 0 Å². The molecule has 0 aliphatic heterocycles. The topological polar surface area (TPSA) is 71.0 Å². The normalized spacial score (nSPS) is 10.7. The van der Waals surface area contributed by atoms with Crippen LogP contribution in [0.1, 0.15) is 12.7 Å². The fraction of sp³-hybridized carbons (Fsp3) is 0.333. The Hall–Kier alpha value is -1.62.